The number of nitrogens with one attached hydrogen (secondary N) is 1. The molecule has 0 aliphatic heterocycles. The van der Waals surface area contributed by atoms with Gasteiger partial charge in [0.25, 0.3) is 0 Å². The van der Waals surface area contributed by atoms with Crippen molar-refractivity contribution >= 4 is 26.6 Å². The maximum atomic E-state index is 11.7. The number of rotatable bonds is 5. The zero-order chi connectivity index (χ0) is 18.9. The van der Waals surface area contributed by atoms with Gasteiger partial charge in [0.1, 0.15) is 6.07 Å². The monoisotopic (exact) mass is 367 g/mol. The molecular formula is C20H21N3O2S. The highest BCUT2D eigenvalue weighted by Gasteiger charge is 2.19. The summed E-state index contributed by atoms with van der Waals surface area (Å²) < 4.78 is 28.1. The number of aromatic nitrogens is 1. The summed E-state index contributed by atoms with van der Waals surface area (Å²) in [6.45, 7) is 6.39. The van der Waals surface area contributed by atoms with Crippen LogP contribution < -0.4 is 4.72 Å². The smallest absolute Gasteiger partial charge is 0.232 e. The lowest BCUT2D eigenvalue weighted by atomic mass is 10.0. The first-order valence-corrected chi connectivity index (χ1v) is 10.2. The molecule has 0 spiro atoms. The summed E-state index contributed by atoms with van der Waals surface area (Å²) in [5.41, 5.74) is 5.03. The van der Waals surface area contributed by atoms with Gasteiger partial charge < -0.3 is 4.57 Å². The normalized spacial score (nSPS) is 11.5. The Bertz CT molecular complexity index is 1100. The first-order chi connectivity index (χ1) is 12.4. The van der Waals surface area contributed by atoms with Crippen LogP contribution in [0.2, 0.25) is 0 Å². The highest BCUT2D eigenvalue weighted by Crippen LogP contribution is 2.35. The first-order valence-electron chi connectivity index (χ1n) is 8.54. The van der Waals surface area contributed by atoms with Crippen LogP contribution in [0.4, 0.5) is 5.69 Å². The van der Waals surface area contributed by atoms with Crippen molar-refractivity contribution in [2.24, 2.45) is 0 Å². The van der Waals surface area contributed by atoms with E-state index in [0.717, 1.165) is 34.3 Å². The lowest BCUT2D eigenvalue weighted by Crippen LogP contribution is -2.14. The van der Waals surface area contributed by atoms with Gasteiger partial charge in [-0.3, -0.25) is 4.72 Å². The zero-order valence-corrected chi connectivity index (χ0v) is 15.9. The molecule has 1 heterocycles. The third-order valence-corrected chi connectivity index (χ3v) is 5.84. The first kappa shape index (κ1) is 18.0. The Morgan fingerprint density at radius 1 is 1.12 bits per heavy atom. The summed E-state index contributed by atoms with van der Waals surface area (Å²) in [6.07, 6.45) is 0. The Balaban J connectivity index is 2.17. The summed E-state index contributed by atoms with van der Waals surface area (Å²) in [5.74, 6) is 0.0245. The van der Waals surface area contributed by atoms with Crippen LogP contribution in [0.5, 0.6) is 0 Å². The molecule has 1 aromatic heterocycles. The summed E-state index contributed by atoms with van der Waals surface area (Å²) >= 11 is 0. The van der Waals surface area contributed by atoms with Gasteiger partial charge in [0, 0.05) is 17.6 Å². The number of nitriles is 1. The zero-order valence-electron chi connectivity index (χ0n) is 15.1. The van der Waals surface area contributed by atoms with Crippen LogP contribution in [0.1, 0.15) is 25.0 Å². The Hall–Kier alpha value is -2.78. The standard InChI is InChI=1S/C20H21N3O2S/c1-4-23-18-8-6-7-14(3)19(18)17(13-21)20(23)15-9-11-16(12-10-15)22-26(24,25)5-2/h6-12,22H,4-5H2,1-3H3. The van der Waals surface area contributed by atoms with Gasteiger partial charge in [-0.25, -0.2) is 8.42 Å². The summed E-state index contributed by atoms with van der Waals surface area (Å²) in [5, 5.41) is 10.8. The fourth-order valence-corrected chi connectivity index (χ4v) is 3.90. The van der Waals surface area contributed by atoms with Crippen molar-refractivity contribution in [3.8, 4) is 17.3 Å². The van der Waals surface area contributed by atoms with Crippen molar-refractivity contribution in [2.45, 2.75) is 27.3 Å². The molecule has 0 radical (unpaired) electrons. The van der Waals surface area contributed by atoms with E-state index in [2.05, 4.69) is 22.3 Å². The quantitative estimate of drug-likeness (QED) is 0.732. The van der Waals surface area contributed by atoms with E-state index in [1.807, 2.05) is 37.3 Å². The van der Waals surface area contributed by atoms with Crippen molar-refractivity contribution in [3.63, 3.8) is 0 Å². The van der Waals surface area contributed by atoms with Crippen LogP contribution >= 0.6 is 0 Å². The summed E-state index contributed by atoms with van der Waals surface area (Å²) in [6, 6.07) is 15.6. The van der Waals surface area contributed by atoms with E-state index in [9.17, 15) is 13.7 Å². The van der Waals surface area contributed by atoms with Gasteiger partial charge in [-0.1, -0.05) is 24.3 Å². The second-order valence-electron chi connectivity index (χ2n) is 6.13. The molecule has 134 valence electrons. The largest absolute Gasteiger partial charge is 0.340 e. The molecule has 2 aromatic carbocycles. The molecule has 0 amide bonds. The molecule has 0 fully saturated rings. The van der Waals surface area contributed by atoms with Gasteiger partial charge in [0.2, 0.25) is 10.0 Å². The molecule has 3 rings (SSSR count). The van der Waals surface area contributed by atoms with Crippen molar-refractivity contribution in [1.82, 2.24) is 4.57 Å². The second kappa shape index (κ2) is 6.85. The molecule has 0 bridgehead atoms. The molecule has 0 saturated carbocycles. The Kier molecular flexibility index (Phi) is 4.75. The Morgan fingerprint density at radius 2 is 1.81 bits per heavy atom. The minimum Gasteiger partial charge on any atom is -0.340 e. The van der Waals surface area contributed by atoms with Crippen LogP contribution in [0, 0.1) is 18.3 Å². The van der Waals surface area contributed by atoms with Crippen molar-refractivity contribution in [1.29, 1.82) is 5.26 Å². The number of nitrogens with zero attached hydrogens (tertiary/aromatic N) is 2. The number of benzene rings is 2. The third-order valence-electron chi connectivity index (χ3n) is 4.54. The van der Waals surface area contributed by atoms with E-state index in [0.29, 0.717) is 11.3 Å². The lowest BCUT2D eigenvalue weighted by Gasteiger charge is -2.10. The van der Waals surface area contributed by atoms with Gasteiger partial charge in [-0.15, -0.1) is 0 Å². The molecule has 5 nitrogen and oxygen atoms in total. The molecule has 3 aromatic rings. The summed E-state index contributed by atoms with van der Waals surface area (Å²) in [4.78, 5) is 0. The Labute approximate surface area is 153 Å². The van der Waals surface area contributed by atoms with Crippen LogP contribution in [0.3, 0.4) is 0 Å². The van der Waals surface area contributed by atoms with E-state index in [1.54, 1.807) is 19.1 Å². The average Bonchev–Trinajstić information content (AvgIpc) is 2.97. The van der Waals surface area contributed by atoms with E-state index in [-0.39, 0.29) is 5.75 Å². The van der Waals surface area contributed by atoms with Crippen LogP contribution in [0.15, 0.2) is 42.5 Å². The summed E-state index contributed by atoms with van der Waals surface area (Å²) in [7, 11) is -3.31. The minimum absolute atomic E-state index is 0.0245. The fraction of sp³-hybridized carbons (Fsp3) is 0.250. The molecule has 1 N–H and O–H groups in total. The molecule has 0 aliphatic carbocycles. The van der Waals surface area contributed by atoms with E-state index in [1.165, 1.54) is 0 Å². The number of sulfonamides is 1. The highest BCUT2D eigenvalue weighted by molar-refractivity contribution is 7.92. The topological polar surface area (TPSA) is 74.9 Å². The van der Waals surface area contributed by atoms with Gasteiger partial charge in [0.15, 0.2) is 0 Å². The Morgan fingerprint density at radius 3 is 2.38 bits per heavy atom. The predicted molar refractivity (Wildman–Crippen MR) is 106 cm³/mol. The number of hydrogen-bond donors (Lipinski definition) is 1. The fourth-order valence-electron chi connectivity index (χ4n) is 3.26. The maximum absolute atomic E-state index is 11.7. The maximum Gasteiger partial charge on any atom is 0.232 e. The molecule has 26 heavy (non-hydrogen) atoms. The lowest BCUT2D eigenvalue weighted by molar-refractivity contribution is 0.602. The van der Waals surface area contributed by atoms with E-state index >= 15 is 0 Å². The van der Waals surface area contributed by atoms with Gasteiger partial charge in [0.05, 0.1) is 22.5 Å². The van der Waals surface area contributed by atoms with Gasteiger partial charge >= 0.3 is 0 Å². The molecule has 6 heteroatoms. The molecule has 0 unspecified atom stereocenters. The molecule has 0 aliphatic rings. The minimum atomic E-state index is -3.31. The van der Waals surface area contributed by atoms with E-state index < -0.39 is 10.0 Å². The molecular weight excluding hydrogens is 346 g/mol. The number of anilines is 1. The average molecular weight is 367 g/mol. The van der Waals surface area contributed by atoms with Gasteiger partial charge in [-0.2, -0.15) is 5.26 Å². The SMILES string of the molecule is CCn1c(-c2ccc(NS(=O)(=O)CC)cc2)c(C#N)c2c(C)cccc21. The molecule has 0 saturated heterocycles. The van der Waals surface area contributed by atoms with E-state index in [4.69, 9.17) is 0 Å². The van der Waals surface area contributed by atoms with Crippen LogP contribution in [-0.4, -0.2) is 18.7 Å². The third kappa shape index (κ3) is 3.06. The second-order valence-corrected chi connectivity index (χ2v) is 8.14. The van der Waals surface area contributed by atoms with Crippen molar-refractivity contribution < 1.29 is 8.42 Å². The number of fused-ring (bicyclic) bond motifs is 1. The predicted octanol–water partition coefficient (Wildman–Crippen LogP) is 4.27. The van der Waals surface area contributed by atoms with Gasteiger partial charge in [-0.05, 0) is 50.1 Å². The molecule has 0 atom stereocenters. The highest BCUT2D eigenvalue weighted by atomic mass is 32.2. The van der Waals surface area contributed by atoms with Crippen LogP contribution in [0.25, 0.3) is 22.2 Å². The van der Waals surface area contributed by atoms with Crippen molar-refractivity contribution in [2.75, 3.05) is 10.5 Å². The number of hydrogen-bond acceptors (Lipinski definition) is 3. The van der Waals surface area contributed by atoms with Crippen molar-refractivity contribution in [3.05, 3.63) is 53.6 Å². The number of aryl methyl sites for hydroxylation is 2. The van der Waals surface area contributed by atoms with Crippen LogP contribution in [-0.2, 0) is 16.6 Å².